The monoisotopic (exact) mass is 316 g/mol. The van der Waals surface area contributed by atoms with Gasteiger partial charge in [0.15, 0.2) is 5.82 Å². The number of piperidine rings is 1. The molecule has 2 aromatic heterocycles. The van der Waals surface area contributed by atoms with E-state index in [9.17, 15) is 9.59 Å². The number of rotatable bonds is 3. The van der Waals surface area contributed by atoms with Crippen LogP contribution in [0.3, 0.4) is 0 Å². The summed E-state index contributed by atoms with van der Waals surface area (Å²) in [5.41, 5.74) is -0.0100. The normalized spacial score (nSPS) is 18.0. The smallest absolute Gasteiger partial charge is 0.354 e. The van der Waals surface area contributed by atoms with Gasteiger partial charge in [0.2, 0.25) is 5.89 Å². The van der Waals surface area contributed by atoms with Crippen LogP contribution in [-0.2, 0) is 0 Å². The average Bonchev–Trinajstić information content (AvgIpc) is 3.01. The summed E-state index contributed by atoms with van der Waals surface area (Å²) in [5, 5.41) is 12.8. The molecule has 1 fully saturated rings. The zero-order chi connectivity index (χ0) is 16.4. The molecule has 0 aliphatic carbocycles. The van der Waals surface area contributed by atoms with Crippen molar-refractivity contribution < 1.29 is 19.2 Å². The van der Waals surface area contributed by atoms with Crippen molar-refractivity contribution in [2.24, 2.45) is 0 Å². The molecule has 0 aromatic carbocycles. The van der Waals surface area contributed by atoms with Gasteiger partial charge in [0, 0.05) is 13.1 Å². The molecule has 1 amide bonds. The molecular formula is C15H16N4O4. The molecule has 1 saturated heterocycles. The zero-order valence-corrected chi connectivity index (χ0v) is 12.6. The van der Waals surface area contributed by atoms with Gasteiger partial charge in [0.25, 0.3) is 5.91 Å². The summed E-state index contributed by atoms with van der Waals surface area (Å²) in [6.07, 6.45) is 1.68. The summed E-state index contributed by atoms with van der Waals surface area (Å²) in [5.74, 6) is -0.338. The van der Waals surface area contributed by atoms with Crippen LogP contribution in [0.25, 0.3) is 0 Å². The van der Waals surface area contributed by atoms with Crippen molar-refractivity contribution in [2.45, 2.75) is 25.7 Å². The van der Waals surface area contributed by atoms with Crippen molar-refractivity contribution in [3.05, 3.63) is 41.3 Å². The second kappa shape index (κ2) is 6.15. The molecule has 1 N–H and O–H groups in total. The standard InChI is InChI=1S/C15H16N4O4/c1-9-16-13(23-18-9)10-4-3-7-19(8-10)14(20)11-5-2-6-12(17-11)15(21)22/h2,5-6,10H,3-4,7-8H2,1H3,(H,21,22). The van der Waals surface area contributed by atoms with Crippen LogP contribution < -0.4 is 0 Å². The van der Waals surface area contributed by atoms with Gasteiger partial charge in [-0.3, -0.25) is 4.79 Å². The number of amides is 1. The van der Waals surface area contributed by atoms with Gasteiger partial charge in [0.05, 0.1) is 5.92 Å². The van der Waals surface area contributed by atoms with Crippen LogP contribution in [0.1, 0.15) is 51.5 Å². The number of carbonyl (C=O) groups excluding carboxylic acids is 1. The number of hydrogen-bond donors (Lipinski definition) is 1. The number of nitrogens with zero attached hydrogens (tertiary/aromatic N) is 4. The van der Waals surface area contributed by atoms with Crippen molar-refractivity contribution in [3.63, 3.8) is 0 Å². The average molecular weight is 316 g/mol. The number of aromatic nitrogens is 3. The van der Waals surface area contributed by atoms with Crippen LogP contribution in [0.5, 0.6) is 0 Å². The Morgan fingerprint density at radius 3 is 2.78 bits per heavy atom. The first kappa shape index (κ1) is 15.1. The Morgan fingerprint density at radius 1 is 1.30 bits per heavy atom. The molecule has 1 aliphatic rings. The minimum absolute atomic E-state index is 0.00319. The quantitative estimate of drug-likeness (QED) is 0.913. The fraction of sp³-hybridized carbons (Fsp3) is 0.400. The third-order valence-corrected chi connectivity index (χ3v) is 3.79. The molecule has 0 bridgehead atoms. The fourth-order valence-electron chi connectivity index (χ4n) is 2.68. The topological polar surface area (TPSA) is 109 Å². The second-order valence-corrected chi connectivity index (χ2v) is 5.48. The zero-order valence-electron chi connectivity index (χ0n) is 12.6. The Labute approximate surface area is 132 Å². The molecule has 1 aliphatic heterocycles. The number of likely N-dealkylation sites (tertiary alicyclic amines) is 1. The predicted octanol–water partition coefficient (Wildman–Crippen LogP) is 1.49. The van der Waals surface area contributed by atoms with Gasteiger partial charge in [-0.15, -0.1) is 0 Å². The molecular weight excluding hydrogens is 300 g/mol. The molecule has 23 heavy (non-hydrogen) atoms. The van der Waals surface area contributed by atoms with Crippen molar-refractivity contribution in [1.29, 1.82) is 0 Å². The third-order valence-electron chi connectivity index (χ3n) is 3.79. The summed E-state index contributed by atoms with van der Waals surface area (Å²) < 4.78 is 5.20. The van der Waals surface area contributed by atoms with E-state index in [1.165, 1.54) is 18.2 Å². The maximum Gasteiger partial charge on any atom is 0.354 e. The highest BCUT2D eigenvalue weighted by atomic mass is 16.5. The maximum atomic E-state index is 12.6. The summed E-state index contributed by atoms with van der Waals surface area (Å²) in [7, 11) is 0. The van der Waals surface area contributed by atoms with Crippen molar-refractivity contribution in [2.75, 3.05) is 13.1 Å². The largest absolute Gasteiger partial charge is 0.477 e. The fourth-order valence-corrected chi connectivity index (χ4v) is 2.68. The lowest BCUT2D eigenvalue weighted by atomic mass is 9.97. The Bertz CT molecular complexity index is 743. The molecule has 3 rings (SSSR count). The highest BCUT2D eigenvalue weighted by molar-refractivity contribution is 5.94. The van der Waals surface area contributed by atoms with Gasteiger partial charge >= 0.3 is 5.97 Å². The molecule has 120 valence electrons. The number of aryl methyl sites for hydroxylation is 1. The van der Waals surface area contributed by atoms with Crippen LogP contribution in [-0.4, -0.2) is 50.1 Å². The molecule has 0 radical (unpaired) electrons. The SMILES string of the molecule is Cc1noc(C2CCCN(C(=O)c3cccc(C(=O)O)n3)C2)n1. The summed E-state index contributed by atoms with van der Waals surface area (Å²) in [6, 6.07) is 4.40. The molecule has 8 nitrogen and oxygen atoms in total. The van der Waals surface area contributed by atoms with E-state index >= 15 is 0 Å². The maximum absolute atomic E-state index is 12.6. The van der Waals surface area contributed by atoms with Gasteiger partial charge < -0.3 is 14.5 Å². The molecule has 8 heteroatoms. The van der Waals surface area contributed by atoms with Gasteiger partial charge in [-0.1, -0.05) is 11.2 Å². The van der Waals surface area contributed by atoms with E-state index in [1.807, 2.05) is 0 Å². The highest BCUT2D eigenvalue weighted by Gasteiger charge is 2.29. The van der Waals surface area contributed by atoms with Gasteiger partial charge in [0.1, 0.15) is 11.4 Å². The van der Waals surface area contributed by atoms with E-state index in [0.717, 1.165) is 12.8 Å². The number of aromatic carboxylic acids is 1. The highest BCUT2D eigenvalue weighted by Crippen LogP contribution is 2.26. The number of carboxylic acid groups (broad SMARTS) is 1. The lowest BCUT2D eigenvalue weighted by Gasteiger charge is -2.30. The Kier molecular flexibility index (Phi) is 4.05. The van der Waals surface area contributed by atoms with E-state index < -0.39 is 5.97 Å². The Balaban J connectivity index is 1.77. The van der Waals surface area contributed by atoms with E-state index in [2.05, 4.69) is 15.1 Å². The predicted molar refractivity (Wildman–Crippen MR) is 78.1 cm³/mol. The van der Waals surface area contributed by atoms with Crippen molar-refractivity contribution in [1.82, 2.24) is 20.0 Å². The minimum atomic E-state index is -1.16. The van der Waals surface area contributed by atoms with Crippen LogP contribution in [0, 0.1) is 6.92 Å². The van der Waals surface area contributed by atoms with Crippen LogP contribution >= 0.6 is 0 Å². The first-order chi connectivity index (χ1) is 11.0. The van der Waals surface area contributed by atoms with Crippen LogP contribution in [0.15, 0.2) is 22.7 Å². The summed E-state index contributed by atoms with van der Waals surface area (Å²) in [4.78, 5) is 33.3. The first-order valence-corrected chi connectivity index (χ1v) is 7.34. The van der Waals surface area contributed by atoms with Gasteiger partial charge in [-0.05, 0) is 31.9 Å². The van der Waals surface area contributed by atoms with Crippen LogP contribution in [0.4, 0.5) is 0 Å². The lowest BCUT2D eigenvalue weighted by molar-refractivity contribution is 0.0683. The first-order valence-electron chi connectivity index (χ1n) is 7.34. The number of pyridine rings is 1. The van der Waals surface area contributed by atoms with E-state index in [4.69, 9.17) is 9.63 Å². The molecule has 0 spiro atoms. The summed E-state index contributed by atoms with van der Waals surface area (Å²) in [6.45, 7) is 2.81. The summed E-state index contributed by atoms with van der Waals surface area (Å²) >= 11 is 0. The number of carboxylic acids is 1. The second-order valence-electron chi connectivity index (χ2n) is 5.48. The van der Waals surface area contributed by atoms with Crippen LogP contribution in [0.2, 0.25) is 0 Å². The van der Waals surface area contributed by atoms with Crippen molar-refractivity contribution in [3.8, 4) is 0 Å². The molecule has 1 unspecified atom stereocenters. The van der Waals surface area contributed by atoms with Gasteiger partial charge in [-0.2, -0.15) is 4.98 Å². The minimum Gasteiger partial charge on any atom is -0.477 e. The number of hydrogen-bond acceptors (Lipinski definition) is 6. The molecule has 1 atom stereocenters. The van der Waals surface area contributed by atoms with E-state index in [-0.39, 0.29) is 23.2 Å². The number of carbonyl (C=O) groups is 2. The Hall–Kier alpha value is -2.77. The molecule has 0 saturated carbocycles. The molecule has 2 aromatic rings. The lowest BCUT2D eigenvalue weighted by Crippen LogP contribution is -2.39. The third kappa shape index (κ3) is 3.20. The molecule has 3 heterocycles. The van der Waals surface area contributed by atoms with E-state index in [1.54, 1.807) is 11.8 Å². The van der Waals surface area contributed by atoms with E-state index in [0.29, 0.717) is 24.8 Å². The van der Waals surface area contributed by atoms with Crippen molar-refractivity contribution >= 4 is 11.9 Å². The van der Waals surface area contributed by atoms with Gasteiger partial charge in [-0.25, -0.2) is 9.78 Å². The Morgan fingerprint density at radius 2 is 2.09 bits per heavy atom.